The number of ether oxygens (including phenoxy) is 1. The molecular weight excluding hydrogens is 293 g/mol. The van der Waals surface area contributed by atoms with Gasteiger partial charge in [0.15, 0.2) is 11.6 Å². The molecule has 22 heavy (non-hydrogen) atoms. The number of amides is 4. The van der Waals surface area contributed by atoms with Crippen LogP contribution < -0.4 is 15.4 Å². The third-order valence-electron chi connectivity index (χ3n) is 3.57. The lowest BCUT2D eigenvalue weighted by atomic mass is 10.1. The van der Waals surface area contributed by atoms with Gasteiger partial charge in [0.25, 0.3) is 5.91 Å². The minimum absolute atomic E-state index is 0.0933. The van der Waals surface area contributed by atoms with Crippen LogP contribution in [0.1, 0.15) is 6.42 Å². The van der Waals surface area contributed by atoms with Gasteiger partial charge in [-0.25, -0.2) is 9.18 Å². The van der Waals surface area contributed by atoms with Crippen LogP contribution in [0.4, 0.5) is 9.18 Å². The minimum Gasteiger partial charge on any atom is -0.484 e. The lowest BCUT2D eigenvalue weighted by Gasteiger charge is -2.39. The van der Waals surface area contributed by atoms with Gasteiger partial charge in [0.05, 0.1) is 19.5 Å². The molecule has 0 radical (unpaired) electrons. The number of hydrogen-bond acceptors (Lipinski definition) is 4. The monoisotopic (exact) mass is 307 g/mol. The number of rotatable bonds is 4. The highest BCUT2D eigenvalue weighted by atomic mass is 19.1. The Morgan fingerprint density at radius 3 is 2.68 bits per heavy atom. The number of halogens is 1. The molecule has 1 aromatic rings. The summed E-state index contributed by atoms with van der Waals surface area (Å²) in [6, 6.07) is 4.65. The van der Waals surface area contributed by atoms with Crippen LogP contribution in [0.25, 0.3) is 0 Å². The van der Waals surface area contributed by atoms with Crippen LogP contribution in [0, 0.1) is 5.82 Å². The van der Waals surface area contributed by atoms with Gasteiger partial charge in [0, 0.05) is 0 Å². The Balaban J connectivity index is 1.47. The number of urea groups is 1. The third-order valence-corrected chi connectivity index (χ3v) is 3.57. The van der Waals surface area contributed by atoms with Crippen LogP contribution in [-0.2, 0) is 9.59 Å². The summed E-state index contributed by atoms with van der Waals surface area (Å²) in [6.07, 6.45) is -0.364. The Bertz CT molecular complexity index is 630. The quantitative estimate of drug-likeness (QED) is 0.767. The smallest absolute Gasteiger partial charge is 0.322 e. The van der Waals surface area contributed by atoms with E-state index in [9.17, 15) is 18.8 Å². The van der Waals surface area contributed by atoms with Crippen LogP contribution in [0.15, 0.2) is 24.3 Å². The van der Waals surface area contributed by atoms with Gasteiger partial charge in [-0.2, -0.15) is 0 Å². The number of nitrogens with one attached hydrogen (secondary N) is 2. The molecule has 2 aliphatic heterocycles. The van der Waals surface area contributed by atoms with Gasteiger partial charge in [0.1, 0.15) is 12.1 Å². The molecule has 2 aliphatic rings. The van der Waals surface area contributed by atoms with Crippen LogP contribution in [-0.4, -0.2) is 48.0 Å². The molecule has 0 unspecified atom stereocenters. The van der Waals surface area contributed by atoms with Gasteiger partial charge in [-0.3, -0.25) is 14.9 Å². The molecule has 1 aromatic carbocycles. The molecular formula is C14H14FN3O4. The standard InChI is InChI=1S/C14H14FN3O4/c15-9-3-1-2-4-11(9)22-8-6-18(7-8)12(19)5-10-13(20)17-14(21)16-10/h1-4,8,10H,5-7H2,(H2,16,17,20,21)/t10-/m0/s1. The van der Waals surface area contributed by atoms with Gasteiger partial charge < -0.3 is 15.0 Å². The predicted molar refractivity (Wildman–Crippen MR) is 72.5 cm³/mol. The van der Waals surface area contributed by atoms with Crippen molar-refractivity contribution >= 4 is 17.8 Å². The van der Waals surface area contributed by atoms with Crippen LogP contribution in [0.3, 0.4) is 0 Å². The Kier molecular flexibility index (Phi) is 3.66. The minimum atomic E-state index is -0.827. The molecule has 3 rings (SSSR count). The van der Waals surface area contributed by atoms with Crippen molar-refractivity contribution in [3.8, 4) is 5.75 Å². The number of hydrogen-bond donors (Lipinski definition) is 2. The summed E-state index contributed by atoms with van der Waals surface area (Å²) in [7, 11) is 0. The second-order valence-electron chi connectivity index (χ2n) is 5.19. The zero-order valence-corrected chi connectivity index (χ0v) is 11.5. The maximum atomic E-state index is 13.4. The van der Waals surface area contributed by atoms with Crippen molar-refractivity contribution in [2.45, 2.75) is 18.6 Å². The highest BCUT2D eigenvalue weighted by Gasteiger charge is 2.37. The zero-order chi connectivity index (χ0) is 15.7. The molecule has 2 heterocycles. The van der Waals surface area contributed by atoms with Gasteiger partial charge in [0.2, 0.25) is 5.91 Å². The molecule has 0 spiro atoms. The fourth-order valence-corrected chi connectivity index (χ4v) is 2.34. The first kappa shape index (κ1) is 14.3. The van der Waals surface area contributed by atoms with Crippen LogP contribution >= 0.6 is 0 Å². The Morgan fingerprint density at radius 2 is 2.05 bits per heavy atom. The summed E-state index contributed by atoms with van der Waals surface area (Å²) in [5.74, 6) is -1.05. The SMILES string of the molecule is O=C1NC(=O)[C@H](CC(=O)N2CC(Oc3ccccc3F)C2)N1. The first-order valence-corrected chi connectivity index (χ1v) is 6.83. The van der Waals surface area contributed by atoms with Crippen molar-refractivity contribution in [2.24, 2.45) is 0 Å². The Labute approximate surface area is 125 Å². The summed E-state index contributed by atoms with van der Waals surface area (Å²) >= 11 is 0. The van der Waals surface area contributed by atoms with Gasteiger partial charge in [-0.05, 0) is 12.1 Å². The van der Waals surface area contributed by atoms with Crippen molar-refractivity contribution in [2.75, 3.05) is 13.1 Å². The predicted octanol–water partition coefficient (Wildman–Crippen LogP) is 0.0134. The van der Waals surface area contributed by atoms with E-state index in [1.807, 2.05) is 0 Å². The van der Waals surface area contributed by atoms with E-state index in [0.29, 0.717) is 13.1 Å². The lowest BCUT2D eigenvalue weighted by Crippen LogP contribution is -2.57. The number of para-hydroxylation sites is 1. The largest absolute Gasteiger partial charge is 0.484 e. The highest BCUT2D eigenvalue weighted by Crippen LogP contribution is 2.21. The van der Waals surface area contributed by atoms with Crippen LogP contribution in [0.2, 0.25) is 0 Å². The summed E-state index contributed by atoms with van der Waals surface area (Å²) in [5.41, 5.74) is 0. The van der Waals surface area contributed by atoms with Crippen LogP contribution in [0.5, 0.6) is 5.75 Å². The van der Waals surface area contributed by atoms with E-state index < -0.39 is 23.8 Å². The first-order valence-electron chi connectivity index (χ1n) is 6.83. The second kappa shape index (κ2) is 5.63. The molecule has 4 amide bonds. The van der Waals surface area contributed by atoms with Crippen molar-refractivity contribution < 1.29 is 23.5 Å². The molecule has 116 valence electrons. The molecule has 0 bridgehead atoms. The fourth-order valence-electron chi connectivity index (χ4n) is 2.34. The van der Waals surface area contributed by atoms with E-state index in [4.69, 9.17) is 4.74 Å². The Morgan fingerprint density at radius 1 is 1.32 bits per heavy atom. The molecule has 7 nitrogen and oxygen atoms in total. The summed E-state index contributed by atoms with van der Waals surface area (Å²) in [5, 5.41) is 4.44. The van der Waals surface area contributed by atoms with Crippen molar-refractivity contribution in [1.82, 2.24) is 15.5 Å². The number of carbonyl (C=O) groups is 3. The van der Waals surface area contributed by atoms with Gasteiger partial charge in [-0.15, -0.1) is 0 Å². The van der Waals surface area contributed by atoms with E-state index in [2.05, 4.69) is 10.6 Å². The molecule has 2 saturated heterocycles. The zero-order valence-electron chi connectivity index (χ0n) is 11.5. The maximum absolute atomic E-state index is 13.4. The maximum Gasteiger partial charge on any atom is 0.322 e. The van der Waals surface area contributed by atoms with E-state index in [1.54, 1.807) is 12.1 Å². The third kappa shape index (κ3) is 2.85. The molecule has 2 fully saturated rings. The summed E-state index contributed by atoms with van der Waals surface area (Å²) < 4.78 is 18.9. The number of imide groups is 1. The van der Waals surface area contributed by atoms with Crippen molar-refractivity contribution in [1.29, 1.82) is 0 Å². The molecule has 0 aromatic heterocycles. The Hall–Kier alpha value is -2.64. The number of nitrogens with zero attached hydrogens (tertiary/aromatic N) is 1. The van der Waals surface area contributed by atoms with Crippen molar-refractivity contribution in [3.05, 3.63) is 30.1 Å². The lowest BCUT2D eigenvalue weighted by molar-refractivity contribution is -0.141. The highest BCUT2D eigenvalue weighted by molar-refractivity contribution is 6.05. The first-order chi connectivity index (χ1) is 10.5. The summed E-state index contributed by atoms with van der Waals surface area (Å²) in [4.78, 5) is 35.8. The molecule has 0 saturated carbocycles. The molecule has 8 heteroatoms. The second-order valence-corrected chi connectivity index (χ2v) is 5.19. The topological polar surface area (TPSA) is 87.7 Å². The average Bonchev–Trinajstić information content (AvgIpc) is 2.73. The van der Waals surface area contributed by atoms with Gasteiger partial charge in [-0.1, -0.05) is 12.1 Å². The molecule has 0 aliphatic carbocycles. The number of carbonyl (C=O) groups excluding carboxylic acids is 3. The summed E-state index contributed by atoms with van der Waals surface area (Å²) in [6.45, 7) is 0.658. The van der Waals surface area contributed by atoms with Crippen molar-refractivity contribution in [3.63, 3.8) is 0 Å². The van der Waals surface area contributed by atoms with E-state index >= 15 is 0 Å². The van der Waals surface area contributed by atoms with E-state index in [1.165, 1.54) is 17.0 Å². The van der Waals surface area contributed by atoms with E-state index in [-0.39, 0.29) is 24.2 Å². The van der Waals surface area contributed by atoms with Gasteiger partial charge >= 0.3 is 6.03 Å². The fraction of sp³-hybridized carbons (Fsp3) is 0.357. The normalized spacial score (nSPS) is 21.1. The van der Waals surface area contributed by atoms with E-state index in [0.717, 1.165) is 0 Å². The molecule has 1 atom stereocenters. The average molecular weight is 307 g/mol. The number of benzene rings is 1. The number of likely N-dealkylation sites (tertiary alicyclic amines) is 1. The molecule has 2 N–H and O–H groups in total.